The van der Waals surface area contributed by atoms with E-state index in [0.717, 1.165) is 18.7 Å². The average Bonchev–Trinajstić information content (AvgIpc) is 2.26. The van der Waals surface area contributed by atoms with Crippen LogP contribution >= 0.6 is 0 Å². The van der Waals surface area contributed by atoms with Gasteiger partial charge in [0.1, 0.15) is 0 Å². The normalized spacial score (nSPS) is 21.7. The summed E-state index contributed by atoms with van der Waals surface area (Å²) in [5, 5.41) is 0. The number of hydrogen-bond donors (Lipinski definition) is 0. The molecular formula is C10H13N. The van der Waals surface area contributed by atoms with Crippen LogP contribution in [0.5, 0.6) is 0 Å². The molecule has 0 aromatic rings. The van der Waals surface area contributed by atoms with Gasteiger partial charge in [0.15, 0.2) is 0 Å². The topological polar surface area (TPSA) is 12.4 Å². The molecule has 0 saturated carbocycles. The van der Waals surface area contributed by atoms with Crippen LogP contribution in [-0.4, -0.2) is 12.3 Å². The molecule has 0 aromatic carbocycles. The second-order valence-electron chi connectivity index (χ2n) is 3.65. The van der Waals surface area contributed by atoms with E-state index in [9.17, 15) is 0 Å². The van der Waals surface area contributed by atoms with Crippen molar-refractivity contribution >= 4 is 5.71 Å². The zero-order valence-electron chi connectivity index (χ0n) is 7.09. The van der Waals surface area contributed by atoms with E-state index >= 15 is 0 Å². The van der Waals surface area contributed by atoms with Gasteiger partial charge in [0.25, 0.3) is 0 Å². The molecule has 1 aliphatic rings. The van der Waals surface area contributed by atoms with Gasteiger partial charge in [-0.1, -0.05) is 19.8 Å². The standard InChI is InChI=1S/C10H13N/c1-4-5-6-9-7-10(2,3)8-11-9/h1,5-6H,7-8H2,2-3H3/b6-5+. The largest absolute Gasteiger partial charge is 0.289 e. The van der Waals surface area contributed by atoms with Crippen molar-refractivity contribution in [3.63, 3.8) is 0 Å². The Morgan fingerprint density at radius 2 is 2.36 bits per heavy atom. The Labute approximate surface area is 68.2 Å². The molecule has 1 aliphatic heterocycles. The van der Waals surface area contributed by atoms with Crippen LogP contribution in [0.2, 0.25) is 0 Å². The molecule has 0 atom stereocenters. The van der Waals surface area contributed by atoms with Gasteiger partial charge < -0.3 is 0 Å². The Balaban J connectivity index is 2.55. The first kappa shape index (κ1) is 8.07. The van der Waals surface area contributed by atoms with Gasteiger partial charge in [-0.3, -0.25) is 4.99 Å². The summed E-state index contributed by atoms with van der Waals surface area (Å²) >= 11 is 0. The number of aliphatic imine (C=N–C) groups is 1. The Bertz CT molecular complexity index is 238. The first-order valence-corrected chi connectivity index (χ1v) is 3.80. The molecule has 0 saturated heterocycles. The third-order valence-electron chi connectivity index (χ3n) is 1.74. The highest BCUT2D eigenvalue weighted by Gasteiger charge is 2.24. The fraction of sp³-hybridized carbons (Fsp3) is 0.500. The molecule has 0 aliphatic carbocycles. The Kier molecular flexibility index (Phi) is 2.14. The summed E-state index contributed by atoms with van der Waals surface area (Å²) in [6.07, 6.45) is 9.76. The Hall–Kier alpha value is -1.03. The van der Waals surface area contributed by atoms with Crippen LogP contribution in [0.3, 0.4) is 0 Å². The van der Waals surface area contributed by atoms with Crippen LogP contribution in [0.1, 0.15) is 20.3 Å². The maximum atomic E-state index is 5.08. The van der Waals surface area contributed by atoms with Gasteiger partial charge in [-0.25, -0.2) is 0 Å². The molecule has 0 radical (unpaired) electrons. The number of rotatable bonds is 1. The van der Waals surface area contributed by atoms with E-state index in [1.165, 1.54) is 0 Å². The first-order chi connectivity index (χ1) is 5.14. The van der Waals surface area contributed by atoms with Crippen molar-refractivity contribution in [1.82, 2.24) is 0 Å². The van der Waals surface area contributed by atoms with E-state index in [1.54, 1.807) is 6.08 Å². The molecular weight excluding hydrogens is 134 g/mol. The third kappa shape index (κ3) is 2.23. The summed E-state index contributed by atoms with van der Waals surface area (Å²) in [5.41, 5.74) is 1.47. The Morgan fingerprint density at radius 3 is 2.82 bits per heavy atom. The molecule has 0 amide bonds. The zero-order chi connectivity index (χ0) is 8.32. The minimum absolute atomic E-state index is 0.342. The lowest BCUT2D eigenvalue weighted by Crippen LogP contribution is -2.11. The molecule has 0 spiro atoms. The smallest absolute Gasteiger partial charge is 0.0447 e. The maximum absolute atomic E-state index is 5.08. The number of hydrogen-bond acceptors (Lipinski definition) is 1. The second kappa shape index (κ2) is 2.92. The van der Waals surface area contributed by atoms with Crippen LogP contribution in [0.4, 0.5) is 0 Å². The third-order valence-corrected chi connectivity index (χ3v) is 1.74. The molecule has 1 nitrogen and oxygen atoms in total. The van der Waals surface area contributed by atoms with Crippen LogP contribution in [0, 0.1) is 17.8 Å². The molecule has 0 N–H and O–H groups in total. The van der Waals surface area contributed by atoms with Crippen LogP contribution < -0.4 is 0 Å². The highest BCUT2D eigenvalue weighted by atomic mass is 14.8. The van der Waals surface area contributed by atoms with Gasteiger partial charge in [0.05, 0.1) is 0 Å². The fourth-order valence-electron chi connectivity index (χ4n) is 1.17. The van der Waals surface area contributed by atoms with Gasteiger partial charge in [-0.2, -0.15) is 0 Å². The lowest BCUT2D eigenvalue weighted by molar-refractivity contribution is 0.423. The molecule has 58 valence electrons. The molecule has 0 aromatic heterocycles. The van der Waals surface area contributed by atoms with E-state index in [2.05, 4.69) is 24.8 Å². The van der Waals surface area contributed by atoms with Crippen molar-refractivity contribution in [2.75, 3.05) is 6.54 Å². The molecule has 0 unspecified atom stereocenters. The van der Waals surface area contributed by atoms with Crippen molar-refractivity contribution < 1.29 is 0 Å². The first-order valence-electron chi connectivity index (χ1n) is 3.80. The van der Waals surface area contributed by atoms with Gasteiger partial charge in [-0.15, -0.1) is 6.42 Å². The van der Waals surface area contributed by atoms with Crippen molar-refractivity contribution in [2.24, 2.45) is 10.4 Å². The lowest BCUT2D eigenvalue weighted by atomic mass is 9.90. The predicted octanol–water partition coefficient (Wildman–Crippen LogP) is 2.05. The summed E-state index contributed by atoms with van der Waals surface area (Å²) in [4.78, 5) is 4.36. The summed E-state index contributed by atoms with van der Waals surface area (Å²) in [6.45, 7) is 5.36. The average molecular weight is 147 g/mol. The zero-order valence-corrected chi connectivity index (χ0v) is 7.09. The maximum Gasteiger partial charge on any atom is 0.0447 e. The van der Waals surface area contributed by atoms with Crippen molar-refractivity contribution in [2.45, 2.75) is 20.3 Å². The SMILES string of the molecule is C#C/C=C/C1=NCC(C)(C)C1. The summed E-state index contributed by atoms with van der Waals surface area (Å²) < 4.78 is 0. The molecule has 0 bridgehead atoms. The lowest BCUT2D eigenvalue weighted by Gasteiger charge is -2.13. The van der Waals surface area contributed by atoms with Crippen molar-refractivity contribution in [1.29, 1.82) is 0 Å². The summed E-state index contributed by atoms with van der Waals surface area (Å²) in [6, 6.07) is 0. The van der Waals surface area contributed by atoms with Crippen LogP contribution in [-0.2, 0) is 0 Å². The van der Waals surface area contributed by atoms with Gasteiger partial charge >= 0.3 is 0 Å². The van der Waals surface area contributed by atoms with Crippen molar-refractivity contribution in [3.05, 3.63) is 12.2 Å². The molecule has 1 heterocycles. The van der Waals surface area contributed by atoms with E-state index in [0.29, 0.717) is 5.41 Å². The summed E-state index contributed by atoms with van der Waals surface area (Å²) in [5.74, 6) is 2.46. The van der Waals surface area contributed by atoms with E-state index in [-0.39, 0.29) is 0 Å². The molecule has 1 heteroatoms. The summed E-state index contributed by atoms with van der Waals surface area (Å²) in [7, 11) is 0. The monoisotopic (exact) mass is 147 g/mol. The fourth-order valence-corrected chi connectivity index (χ4v) is 1.17. The molecule has 0 fully saturated rings. The molecule has 11 heavy (non-hydrogen) atoms. The Morgan fingerprint density at radius 1 is 1.64 bits per heavy atom. The van der Waals surface area contributed by atoms with E-state index < -0.39 is 0 Å². The highest BCUT2D eigenvalue weighted by Crippen LogP contribution is 2.27. The quantitative estimate of drug-likeness (QED) is 0.503. The predicted molar refractivity (Wildman–Crippen MR) is 48.7 cm³/mol. The highest BCUT2D eigenvalue weighted by molar-refractivity contribution is 5.96. The van der Waals surface area contributed by atoms with Crippen molar-refractivity contribution in [3.8, 4) is 12.3 Å². The molecule has 1 rings (SSSR count). The number of nitrogens with zero attached hydrogens (tertiary/aromatic N) is 1. The van der Waals surface area contributed by atoms with Gasteiger partial charge in [-0.05, 0) is 24.0 Å². The minimum Gasteiger partial charge on any atom is -0.289 e. The van der Waals surface area contributed by atoms with E-state index in [1.807, 2.05) is 6.08 Å². The van der Waals surface area contributed by atoms with Gasteiger partial charge in [0, 0.05) is 12.3 Å². The number of allylic oxidation sites excluding steroid dienone is 2. The van der Waals surface area contributed by atoms with Crippen LogP contribution in [0.15, 0.2) is 17.1 Å². The second-order valence-corrected chi connectivity index (χ2v) is 3.65. The van der Waals surface area contributed by atoms with Gasteiger partial charge in [0.2, 0.25) is 0 Å². The number of terminal acetylenes is 1. The van der Waals surface area contributed by atoms with E-state index in [4.69, 9.17) is 6.42 Å². The van der Waals surface area contributed by atoms with Crippen LogP contribution in [0.25, 0.3) is 0 Å². The minimum atomic E-state index is 0.342.